The molecule has 0 aromatic rings. The fraction of sp³-hybridized carbons (Fsp3) is 0.944. The minimum Gasteiger partial charge on any atom is -0.388 e. The maximum Gasteiger partial charge on any atom is 0.0905 e. The van der Waals surface area contributed by atoms with Gasteiger partial charge in [-0.05, 0) is 32.4 Å². The van der Waals surface area contributed by atoms with Gasteiger partial charge in [0.25, 0.3) is 0 Å². The van der Waals surface area contributed by atoms with E-state index in [-0.39, 0.29) is 0 Å². The van der Waals surface area contributed by atoms with Crippen molar-refractivity contribution >= 4 is 5.84 Å². The topological polar surface area (TPSA) is 102 Å². The van der Waals surface area contributed by atoms with Crippen LogP contribution in [-0.2, 0) is 0 Å². The van der Waals surface area contributed by atoms with E-state index in [4.69, 9.17) is 22.6 Å². The molecule has 136 valence electrons. The lowest BCUT2D eigenvalue weighted by molar-refractivity contribution is 0.674. The summed E-state index contributed by atoms with van der Waals surface area (Å²) < 4.78 is 0. The highest BCUT2D eigenvalue weighted by Crippen LogP contribution is 2.00. The molecule has 0 aromatic carbocycles. The third-order valence-electron chi connectivity index (χ3n) is 3.17. The molecule has 0 fully saturated rings. The van der Waals surface area contributed by atoms with Crippen molar-refractivity contribution in [1.29, 1.82) is 5.41 Å². The van der Waals surface area contributed by atoms with Crippen molar-refractivity contribution < 1.29 is 0 Å². The number of unbranched alkanes of at least 4 members (excludes halogenated alkanes) is 8. The van der Waals surface area contributed by atoms with Crippen LogP contribution in [0.1, 0.15) is 97.8 Å². The summed E-state index contributed by atoms with van der Waals surface area (Å²) in [5.74, 6) is 0.325. The van der Waals surface area contributed by atoms with Crippen LogP contribution in [0, 0.1) is 5.41 Å². The van der Waals surface area contributed by atoms with Gasteiger partial charge < -0.3 is 17.2 Å². The Kier molecular flexibility index (Phi) is 34.1. The summed E-state index contributed by atoms with van der Waals surface area (Å²) in [7, 11) is 0. The van der Waals surface area contributed by atoms with Crippen LogP contribution < -0.4 is 17.2 Å². The lowest BCUT2D eigenvalue weighted by Gasteiger charge is -1.95. The minimum absolute atomic E-state index is 0.325. The van der Waals surface area contributed by atoms with Crippen molar-refractivity contribution in [3.8, 4) is 0 Å². The Morgan fingerprint density at radius 2 is 1.00 bits per heavy atom. The van der Waals surface area contributed by atoms with Crippen LogP contribution in [0.25, 0.3) is 0 Å². The van der Waals surface area contributed by atoms with Crippen LogP contribution in [0.3, 0.4) is 0 Å². The first-order chi connectivity index (χ1) is 10.6. The summed E-state index contributed by atoms with van der Waals surface area (Å²) >= 11 is 0. The highest BCUT2D eigenvalue weighted by Gasteiger charge is 1.88. The quantitative estimate of drug-likeness (QED) is 0.241. The van der Waals surface area contributed by atoms with Crippen molar-refractivity contribution in [3.63, 3.8) is 0 Å². The molecule has 0 atom stereocenters. The van der Waals surface area contributed by atoms with Gasteiger partial charge in [0.15, 0.2) is 0 Å². The van der Waals surface area contributed by atoms with Gasteiger partial charge in [-0.1, -0.05) is 72.1 Å². The van der Waals surface area contributed by atoms with E-state index in [1.54, 1.807) is 0 Å². The standard InChI is InChI=1S/C7H16N2.C6H15N.C5H13N/c1-2-3-4-5-6-7(8)9;1-2-3-4-5-6-7;1-2-3-4-5-6/h2-6H2,1H3,(H3,8,9);2-7H2,1H3;2-6H2,1H3. The predicted molar refractivity (Wildman–Crippen MR) is 102 cm³/mol. The zero-order valence-corrected chi connectivity index (χ0v) is 15.6. The molecule has 0 spiro atoms. The molecule has 7 N–H and O–H groups in total. The van der Waals surface area contributed by atoms with Gasteiger partial charge in [-0.25, -0.2) is 0 Å². The molecule has 0 bridgehead atoms. The molecule has 0 heterocycles. The van der Waals surface area contributed by atoms with Crippen molar-refractivity contribution in [1.82, 2.24) is 0 Å². The fourth-order valence-corrected chi connectivity index (χ4v) is 1.71. The molecule has 0 radical (unpaired) electrons. The summed E-state index contributed by atoms with van der Waals surface area (Å²) in [6.07, 6.45) is 14.5. The largest absolute Gasteiger partial charge is 0.388 e. The molecule has 0 saturated carbocycles. The number of hydrogen-bond donors (Lipinski definition) is 4. The molecule has 4 nitrogen and oxygen atoms in total. The number of hydrogen-bond acceptors (Lipinski definition) is 3. The Hall–Kier alpha value is -0.610. The number of amidine groups is 1. The molecule has 0 aliphatic heterocycles. The predicted octanol–water partition coefficient (Wildman–Crippen LogP) is 4.55. The van der Waals surface area contributed by atoms with Crippen LogP contribution in [0.5, 0.6) is 0 Å². The molecule has 0 unspecified atom stereocenters. The zero-order valence-electron chi connectivity index (χ0n) is 15.6. The number of nitrogens with one attached hydrogen (secondary N) is 1. The Labute approximate surface area is 140 Å². The van der Waals surface area contributed by atoms with Crippen LogP contribution >= 0.6 is 0 Å². The molecule has 0 aliphatic carbocycles. The average molecular weight is 317 g/mol. The summed E-state index contributed by atoms with van der Waals surface area (Å²) in [5.41, 5.74) is 15.6. The van der Waals surface area contributed by atoms with Crippen LogP contribution in [0.15, 0.2) is 0 Å². The van der Waals surface area contributed by atoms with E-state index in [9.17, 15) is 0 Å². The van der Waals surface area contributed by atoms with Crippen LogP contribution in [0.4, 0.5) is 0 Å². The maximum atomic E-state index is 6.91. The van der Waals surface area contributed by atoms with E-state index in [1.807, 2.05) is 0 Å². The molecule has 0 aromatic heterocycles. The molecule has 0 amide bonds. The highest BCUT2D eigenvalue weighted by atomic mass is 14.7. The summed E-state index contributed by atoms with van der Waals surface area (Å²) in [5, 5.41) is 6.91. The first-order valence-electron chi connectivity index (χ1n) is 9.33. The third-order valence-corrected chi connectivity index (χ3v) is 3.17. The summed E-state index contributed by atoms with van der Waals surface area (Å²) in [6, 6.07) is 0. The lowest BCUT2D eigenvalue weighted by atomic mass is 10.1. The van der Waals surface area contributed by atoms with Gasteiger partial charge in [-0.15, -0.1) is 0 Å². The molecule has 0 saturated heterocycles. The highest BCUT2D eigenvalue weighted by molar-refractivity contribution is 5.76. The average Bonchev–Trinajstić information content (AvgIpc) is 2.51. The Balaban J connectivity index is -0.000000252. The lowest BCUT2D eigenvalue weighted by Crippen LogP contribution is -2.08. The molecule has 0 aliphatic rings. The van der Waals surface area contributed by atoms with Gasteiger partial charge in [0, 0.05) is 6.42 Å². The van der Waals surface area contributed by atoms with E-state index in [0.29, 0.717) is 5.84 Å². The number of rotatable bonds is 12. The summed E-state index contributed by atoms with van der Waals surface area (Å²) in [4.78, 5) is 0. The Morgan fingerprint density at radius 1 is 0.636 bits per heavy atom. The fourth-order valence-electron chi connectivity index (χ4n) is 1.71. The van der Waals surface area contributed by atoms with Gasteiger partial charge in [0.2, 0.25) is 0 Å². The van der Waals surface area contributed by atoms with Crippen molar-refractivity contribution in [3.05, 3.63) is 0 Å². The second kappa shape index (κ2) is 28.5. The van der Waals surface area contributed by atoms with Gasteiger partial charge >= 0.3 is 0 Å². The first-order valence-corrected chi connectivity index (χ1v) is 9.33. The second-order valence-electron chi connectivity index (χ2n) is 5.68. The van der Waals surface area contributed by atoms with Gasteiger partial charge in [0.05, 0.1) is 5.84 Å². The SMILES string of the molecule is CCCCCCC(=N)N.CCCCCCN.CCCCCN. The van der Waals surface area contributed by atoms with E-state index in [2.05, 4.69) is 20.8 Å². The van der Waals surface area contributed by atoms with E-state index >= 15 is 0 Å². The van der Waals surface area contributed by atoms with Crippen molar-refractivity contribution in [2.75, 3.05) is 13.1 Å². The number of nitrogens with two attached hydrogens (primary N) is 3. The second-order valence-corrected chi connectivity index (χ2v) is 5.68. The Bertz CT molecular complexity index is 176. The zero-order chi connectivity index (χ0) is 17.5. The van der Waals surface area contributed by atoms with E-state index in [1.165, 1.54) is 64.2 Å². The molecule has 4 heteroatoms. The van der Waals surface area contributed by atoms with Gasteiger partial charge in [0.1, 0.15) is 0 Å². The van der Waals surface area contributed by atoms with Crippen LogP contribution in [0.2, 0.25) is 0 Å². The van der Waals surface area contributed by atoms with Crippen molar-refractivity contribution in [2.24, 2.45) is 17.2 Å². The van der Waals surface area contributed by atoms with E-state index in [0.717, 1.165) is 25.9 Å². The molecule has 0 rings (SSSR count). The van der Waals surface area contributed by atoms with Gasteiger partial charge in [-0.3, -0.25) is 5.41 Å². The Morgan fingerprint density at radius 3 is 1.32 bits per heavy atom. The van der Waals surface area contributed by atoms with Gasteiger partial charge in [-0.2, -0.15) is 0 Å². The summed E-state index contributed by atoms with van der Waals surface area (Å²) in [6.45, 7) is 8.27. The third kappa shape index (κ3) is 42.7. The minimum atomic E-state index is 0.325. The first kappa shape index (κ1) is 26.3. The molecule has 22 heavy (non-hydrogen) atoms. The molecular formula is C18H44N4. The normalized spacial score (nSPS) is 9.32. The van der Waals surface area contributed by atoms with E-state index < -0.39 is 0 Å². The molecular weight excluding hydrogens is 272 g/mol. The smallest absolute Gasteiger partial charge is 0.0905 e. The van der Waals surface area contributed by atoms with Crippen LogP contribution in [-0.4, -0.2) is 18.9 Å². The monoisotopic (exact) mass is 316 g/mol. The maximum absolute atomic E-state index is 6.91. The van der Waals surface area contributed by atoms with Crippen molar-refractivity contribution in [2.45, 2.75) is 97.8 Å².